The summed E-state index contributed by atoms with van der Waals surface area (Å²) in [5.41, 5.74) is 5.18. The summed E-state index contributed by atoms with van der Waals surface area (Å²) in [6, 6.07) is 4.13. The van der Waals surface area contributed by atoms with Gasteiger partial charge in [0, 0.05) is 11.3 Å². The minimum atomic E-state index is 0.703. The Bertz CT molecular complexity index is 992. The number of allylic oxidation sites excluding steroid dienone is 5. The SMILES string of the molecule is C=CC=C/C(C#Cc1cn[nH]c1C(=C)Nc1ccc(CCCN2CCCC2)nc1)=C\C. The molecule has 3 heterocycles. The number of rotatable bonds is 9. The van der Waals surface area contributed by atoms with Crippen LogP contribution in [-0.4, -0.2) is 39.7 Å². The fourth-order valence-electron chi connectivity index (χ4n) is 3.51. The van der Waals surface area contributed by atoms with Gasteiger partial charge in [-0.25, -0.2) is 0 Å². The first-order valence-electron chi connectivity index (χ1n) is 10.8. The second-order valence-corrected chi connectivity index (χ2v) is 7.54. The molecule has 31 heavy (non-hydrogen) atoms. The highest BCUT2D eigenvalue weighted by molar-refractivity contribution is 5.76. The van der Waals surface area contributed by atoms with E-state index >= 15 is 0 Å². The molecule has 2 aromatic heterocycles. The van der Waals surface area contributed by atoms with Crippen LogP contribution in [0.1, 0.15) is 43.1 Å². The number of anilines is 1. The summed E-state index contributed by atoms with van der Waals surface area (Å²) in [5, 5.41) is 10.4. The molecule has 0 spiro atoms. The van der Waals surface area contributed by atoms with Crippen LogP contribution in [0.15, 0.2) is 67.6 Å². The van der Waals surface area contributed by atoms with Crippen LogP contribution in [-0.2, 0) is 6.42 Å². The second-order valence-electron chi connectivity index (χ2n) is 7.54. The van der Waals surface area contributed by atoms with Gasteiger partial charge < -0.3 is 10.2 Å². The van der Waals surface area contributed by atoms with Gasteiger partial charge in [0.25, 0.3) is 0 Å². The first-order valence-corrected chi connectivity index (χ1v) is 10.8. The van der Waals surface area contributed by atoms with Crippen LogP contribution in [0.5, 0.6) is 0 Å². The quantitative estimate of drug-likeness (QED) is 0.451. The monoisotopic (exact) mass is 413 g/mol. The minimum Gasteiger partial charge on any atom is -0.353 e. The maximum Gasteiger partial charge on any atom is 0.0963 e. The van der Waals surface area contributed by atoms with Gasteiger partial charge in [-0.15, -0.1) is 0 Å². The Balaban J connectivity index is 1.56. The normalized spacial score (nSPS) is 14.4. The zero-order chi connectivity index (χ0) is 21.9. The molecule has 0 atom stereocenters. The van der Waals surface area contributed by atoms with E-state index in [0.29, 0.717) is 5.70 Å². The number of aryl methyl sites for hydroxylation is 1. The fraction of sp³-hybridized carbons (Fsp3) is 0.308. The van der Waals surface area contributed by atoms with Crippen molar-refractivity contribution in [3.8, 4) is 11.8 Å². The Hall–Kier alpha value is -3.36. The molecule has 160 valence electrons. The van der Waals surface area contributed by atoms with E-state index in [4.69, 9.17) is 0 Å². The average molecular weight is 414 g/mol. The fourth-order valence-corrected chi connectivity index (χ4v) is 3.51. The number of likely N-dealkylation sites (tertiary alicyclic amines) is 1. The number of aromatic amines is 1. The van der Waals surface area contributed by atoms with Gasteiger partial charge in [-0.3, -0.25) is 10.1 Å². The molecule has 0 amide bonds. The summed E-state index contributed by atoms with van der Waals surface area (Å²) in [6.45, 7) is 13.4. The van der Waals surface area contributed by atoms with Crippen LogP contribution < -0.4 is 5.32 Å². The third-order valence-corrected chi connectivity index (χ3v) is 5.23. The molecule has 1 aliphatic heterocycles. The molecule has 0 aromatic carbocycles. The average Bonchev–Trinajstić information content (AvgIpc) is 3.47. The van der Waals surface area contributed by atoms with Crippen molar-refractivity contribution in [1.29, 1.82) is 0 Å². The maximum atomic E-state index is 4.60. The molecule has 5 nitrogen and oxygen atoms in total. The Morgan fingerprint density at radius 1 is 1.29 bits per heavy atom. The summed E-state index contributed by atoms with van der Waals surface area (Å²) in [6.07, 6.45) is 15.9. The van der Waals surface area contributed by atoms with Crippen molar-refractivity contribution < 1.29 is 0 Å². The molecule has 0 aliphatic carbocycles. The number of aromatic nitrogens is 3. The zero-order valence-corrected chi connectivity index (χ0v) is 18.3. The Labute approximate surface area is 185 Å². The molecular formula is C26H31N5. The number of H-pyrrole nitrogens is 1. The summed E-state index contributed by atoms with van der Waals surface area (Å²) in [4.78, 5) is 7.14. The van der Waals surface area contributed by atoms with E-state index in [1.54, 1.807) is 12.3 Å². The third kappa shape index (κ3) is 6.84. The zero-order valence-electron chi connectivity index (χ0n) is 18.3. The van der Waals surface area contributed by atoms with Crippen molar-refractivity contribution in [2.45, 2.75) is 32.6 Å². The topological polar surface area (TPSA) is 56.8 Å². The van der Waals surface area contributed by atoms with Crippen molar-refractivity contribution in [2.75, 3.05) is 25.0 Å². The third-order valence-electron chi connectivity index (χ3n) is 5.23. The van der Waals surface area contributed by atoms with Crippen LogP contribution in [0.3, 0.4) is 0 Å². The lowest BCUT2D eigenvalue weighted by Crippen LogP contribution is -2.20. The van der Waals surface area contributed by atoms with E-state index in [9.17, 15) is 0 Å². The van der Waals surface area contributed by atoms with Crippen LogP contribution in [0, 0.1) is 11.8 Å². The smallest absolute Gasteiger partial charge is 0.0963 e. The van der Waals surface area contributed by atoms with Gasteiger partial charge in [-0.1, -0.05) is 43.2 Å². The Kier molecular flexibility index (Phi) is 8.45. The molecule has 0 bridgehead atoms. The number of nitrogens with one attached hydrogen (secondary N) is 2. The van der Waals surface area contributed by atoms with Crippen LogP contribution in [0.2, 0.25) is 0 Å². The Morgan fingerprint density at radius 3 is 2.84 bits per heavy atom. The molecule has 0 saturated carbocycles. The van der Waals surface area contributed by atoms with E-state index in [0.717, 1.165) is 41.1 Å². The molecule has 1 fully saturated rings. The summed E-state index contributed by atoms with van der Waals surface area (Å²) in [5.74, 6) is 6.30. The van der Waals surface area contributed by atoms with Gasteiger partial charge in [0.2, 0.25) is 0 Å². The van der Waals surface area contributed by atoms with Gasteiger partial charge in [-0.05, 0) is 70.5 Å². The first kappa shape index (κ1) is 22.3. The van der Waals surface area contributed by atoms with E-state index in [1.807, 2.05) is 37.4 Å². The lowest BCUT2D eigenvalue weighted by Gasteiger charge is -2.14. The molecule has 0 unspecified atom stereocenters. The van der Waals surface area contributed by atoms with E-state index < -0.39 is 0 Å². The molecular weight excluding hydrogens is 382 g/mol. The number of pyridine rings is 1. The number of hydrogen-bond acceptors (Lipinski definition) is 4. The summed E-state index contributed by atoms with van der Waals surface area (Å²) < 4.78 is 0. The summed E-state index contributed by atoms with van der Waals surface area (Å²) >= 11 is 0. The lowest BCUT2D eigenvalue weighted by atomic mass is 10.1. The van der Waals surface area contributed by atoms with Crippen molar-refractivity contribution in [1.82, 2.24) is 20.1 Å². The lowest BCUT2D eigenvalue weighted by molar-refractivity contribution is 0.333. The minimum absolute atomic E-state index is 0.703. The Morgan fingerprint density at radius 2 is 2.13 bits per heavy atom. The maximum absolute atomic E-state index is 4.60. The van der Waals surface area contributed by atoms with Gasteiger partial charge in [-0.2, -0.15) is 5.10 Å². The largest absolute Gasteiger partial charge is 0.353 e. The van der Waals surface area contributed by atoms with Crippen molar-refractivity contribution in [2.24, 2.45) is 0 Å². The van der Waals surface area contributed by atoms with E-state index in [1.165, 1.54) is 32.5 Å². The van der Waals surface area contributed by atoms with Crippen molar-refractivity contribution in [3.63, 3.8) is 0 Å². The van der Waals surface area contributed by atoms with Gasteiger partial charge in [0.05, 0.1) is 35.0 Å². The molecule has 0 radical (unpaired) electrons. The highest BCUT2D eigenvalue weighted by atomic mass is 15.1. The number of nitrogens with zero attached hydrogens (tertiary/aromatic N) is 3. The highest BCUT2D eigenvalue weighted by Crippen LogP contribution is 2.18. The molecule has 2 N–H and O–H groups in total. The van der Waals surface area contributed by atoms with Crippen LogP contribution in [0.25, 0.3) is 5.70 Å². The number of hydrogen-bond donors (Lipinski definition) is 2. The predicted molar refractivity (Wildman–Crippen MR) is 129 cm³/mol. The van der Waals surface area contributed by atoms with Crippen LogP contribution in [0.4, 0.5) is 5.69 Å². The van der Waals surface area contributed by atoms with Gasteiger partial charge in [0.1, 0.15) is 0 Å². The molecule has 3 rings (SSSR count). The molecule has 1 saturated heterocycles. The van der Waals surface area contributed by atoms with E-state index in [2.05, 4.69) is 56.5 Å². The molecule has 5 heteroatoms. The predicted octanol–water partition coefficient (Wildman–Crippen LogP) is 4.96. The second kappa shape index (κ2) is 11.7. The van der Waals surface area contributed by atoms with Gasteiger partial charge >= 0.3 is 0 Å². The molecule has 1 aliphatic rings. The van der Waals surface area contributed by atoms with Gasteiger partial charge in [0.15, 0.2) is 0 Å². The van der Waals surface area contributed by atoms with Crippen molar-refractivity contribution in [3.05, 3.63) is 84.5 Å². The standard InChI is InChI=1S/C26H31N5/c1-4-6-10-22(5-2)12-13-23-19-28-30-26(23)21(3)29-25-15-14-24(27-20-25)11-9-18-31-16-7-8-17-31/h4-6,10,14-15,19-20,29H,1,3,7-9,11,16-18H2,2H3,(H,28,30)/b10-6?,22-5+. The first-order chi connectivity index (χ1) is 15.2. The van der Waals surface area contributed by atoms with E-state index in [-0.39, 0.29) is 0 Å². The van der Waals surface area contributed by atoms with Crippen LogP contribution >= 0.6 is 0 Å². The summed E-state index contributed by atoms with van der Waals surface area (Å²) in [7, 11) is 0. The molecule has 2 aromatic rings. The highest BCUT2D eigenvalue weighted by Gasteiger charge is 2.11. The van der Waals surface area contributed by atoms with Crippen molar-refractivity contribution >= 4 is 11.4 Å².